The van der Waals surface area contributed by atoms with E-state index in [-0.39, 0.29) is 36.3 Å². The average molecular weight is 529 g/mol. The first-order chi connectivity index (χ1) is 13.0. The van der Waals surface area contributed by atoms with Crippen LogP contribution in [0.3, 0.4) is 0 Å². The van der Waals surface area contributed by atoms with Crippen molar-refractivity contribution in [3.05, 3.63) is 28.8 Å². The van der Waals surface area contributed by atoms with E-state index in [1.165, 1.54) is 25.0 Å². The smallest absolute Gasteiger partial charge is 0.387 e. The molecule has 0 radical (unpaired) electrons. The zero-order chi connectivity index (χ0) is 19.2. The van der Waals surface area contributed by atoms with Crippen LogP contribution in [-0.2, 0) is 6.54 Å². The molecule has 2 fully saturated rings. The third-order valence-corrected chi connectivity index (χ3v) is 5.16. The second-order valence-corrected chi connectivity index (χ2v) is 7.45. The molecule has 2 aliphatic rings. The van der Waals surface area contributed by atoms with Crippen molar-refractivity contribution < 1.29 is 13.5 Å². The Hall–Kier alpha value is -0.870. The third-order valence-electron chi connectivity index (χ3n) is 4.92. The number of aliphatic imine (C=N–C) groups is 1. The minimum atomic E-state index is -2.88. The Labute approximate surface area is 187 Å². The predicted molar refractivity (Wildman–Crippen MR) is 119 cm³/mol. The van der Waals surface area contributed by atoms with Crippen LogP contribution in [-0.4, -0.2) is 49.2 Å². The van der Waals surface area contributed by atoms with Gasteiger partial charge in [-0.15, -0.1) is 24.0 Å². The molecule has 1 aromatic carbocycles. The van der Waals surface area contributed by atoms with Gasteiger partial charge in [-0.2, -0.15) is 8.78 Å². The molecule has 2 N–H and O–H groups in total. The first-order valence-electron chi connectivity index (χ1n) is 9.57. The maximum atomic E-state index is 12.6. The number of halogens is 4. The molecule has 1 aliphatic carbocycles. The molecule has 1 aromatic rings. The molecule has 158 valence electrons. The van der Waals surface area contributed by atoms with Crippen molar-refractivity contribution >= 4 is 41.5 Å². The molecule has 0 spiro atoms. The Balaban J connectivity index is 0.00000280. The van der Waals surface area contributed by atoms with E-state index in [1.54, 1.807) is 6.07 Å². The maximum Gasteiger partial charge on any atom is 0.387 e. The molecule has 1 aliphatic heterocycles. The number of piperidine rings is 1. The SMILES string of the molecule is CCNC(=NCc1cc(Cl)ccc1OC(F)F)NC1CCN(C2CC2)CC1.I. The Morgan fingerprint density at radius 2 is 2.00 bits per heavy atom. The molecule has 0 aromatic heterocycles. The fourth-order valence-electron chi connectivity index (χ4n) is 3.41. The van der Waals surface area contributed by atoms with Crippen molar-refractivity contribution in [2.75, 3.05) is 19.6 Å². The van der Waals surface area contributed by atoms with Crippen LogP contribution in [0.5, 0.6) is 5.75 Å². The fourth-order valence-corrected chi connectivity index (χ4v) is 3.60. The Kier molecular flexibility index (Phi) is 9.49. The average Bonchev–Trinajstić information content (AvgIpc) is 3.47. The number of hydrogen-bond acceptors (Lipinski definition) is 3. The molecular weight excluding hydrogens is 501 g/mol. The van der Waals surface area contributed by atoms with Crippen LogP contribution in [0.4, 0.5) is 8.78 Å². The van der Waals surface area contributed by atoms with Crippen molar-refractivity contribution in [3.8, 4) is 5.75 Å². The number of benzene rings is 1. The minimum absolute atomic E-state index is 0. The van der Waals surface area contributed by atoms with Gasteiger partial charge in [-0.25, -0.2) is 4.99 Å². The lowest BCUT2D eigenvalue weighted by Gasteiger charge is -2.33. The lowest BCUT2D eigenvalue weighted by molar-refractivity contribution is -0.0504. The number of alkyl halides is 2. The number of nitrogens with one attached hydrogen (secondary N) is 2. The van der Waals surface area contributed by atoms with Crippen LogP contribution in [0.25, 0.3) is 0 Å². The van der Waals surface area contributed by atoms with Gasteiger partial charge in [0.05, 0.1) is 6.54 Å². The summed E-state index contributed by atoms with van der Waals surface area (Å²) in [6.07, 6.45) is 4.84. The third kappa shape index (κ3) is 7.18. The van der Waals surface area contributed by atoms with Gasteiger partial charge in [0.2, 0.25) is 0 Å². The van der Waals surface area contributed by atoms with Gasteiger partial charge in [0.1, 0.15) is 5.75 Å². The first kappa shape index (κ1) is 23.4. The van der Waals surface area contributed by atoms with E-state index in [0.29, 0.717) is 22.6 Å². The maximum absolute atomic E-state index is 12.6. The molecule has 1 saturated heterocycles. The Morgan fingerprint density at radius 3 is 2.61 bits per heavy atom. The van der Waals surface area contributed by atoms with Crippen molar-refractivity contribution in [1.29, 1.82) is 0 Å². The van der Waals surface area contributed by atoms with Crippen LogP contribution in [0, 0.1) is 0 Å². The normalized spacial score (nSPS) is 18.7. The largest absolute Gasteiger partial charge is 0.434 e. The highest BCUT2D eigenvalue weighted by Gasteiger charge is 2.31. The van der Waals surface area contributed by atoms with E-state index in [1.807, 2.05) is 6.92 Å². The van der Waals surface area contributed by atoms with E-state index in [4.69, 9.17) is 11.6 Å². The van der Waals surface area contributed by atoms with E-state index >= 15 is 0 Å². The predicted octanol–water partition coefficient (Wildman–Crippen LogP) is 4.24. The molecule has 0 unspecified atom stereocenters. The van der Waals surface area contributed by atoms with Crippen molar-refractivity contribution in [3.63, 3.8) is 0 Å². The topological polar surface area (TPSA) is 48.9 Å². The molecule has 1 heterocycles. The van der Waals surface area contributed by atoms with Gasteiger partial charge in [-0.1, -0.05) is 11.6 Å². The monoisotopic (exact) mass is 528 g/mol. The van der Waals surface area contributed by atoms with Crippen molar-refractivity contribution in [1.82, 2.24) is 15.5 Å². The lowest BCUT2D eigenvalue weighted by atomic mass is 10.1. The van der Waals surface area contributed by atoms with Crippen molar-refractivity contribution in [2.24, 2.45) is 4.99 Å². The van der Waals surface area contributed by atoms with E-state index in [0.717, 1.165) is 38.5 Å². The zero-order valence-electron chi connectivity index (χ0n) is 16.0. The highest BCUT2D eigenvalue weighted by Crippen LogP contribution is 2.29. The molecule has 28 heavy (non-hydrogen) atoms. The second kappa shape index (κ2) is 11.3. The summed E-state index contributed by atoms with van der Waals surface area (Å²) in [6.45, 7) is 2.28. The highest BCUT2D eigenvalue weighted by molar-refractivity contribution is 14.0. The number of nitrogens with zero attached hydrogens (tertiary/aromatic N) is 2. The molecule has 0 bridgehead atoms. The van der Waals surface area contributed by atoms with Gasteiger partial charge >= 0.3 is 6.61 Å². The van der Waals surface area contributed by atoms with E-state index in [9.17, 15) is 8.78 Å². The summed E-state index contributed by atoms with van der Waals surface area (Å²) < 4.78 is 29.8. The molecule has 0 amide bonds. The van der Waals surface area contributed by atoms with E-state index in [2.05, 4.69) is 25.3 Å². The summed E-state index contributed by atoms with van der Waals surface area (Å²) in [5, 5.41) is 7.16. The van der Waals surface area contributed by atoms with Gasteiger partial charge in [0, 0.05) is 42.3 Å². The van der Waals surface area contributed by atoms with Crippen LogP contribution in [0.1, 0.15) is 38.2 Å². The number of likely N-dealkylation sites (tertiary alicyclic amines) is 1. The van der Waals surface area contributed by atoms with Crippen LogP contribution in [0.15, 0.2) is 23.2 Å². The van der Waals surface area contributed by atoms with Gasteiger partial charge < -0.3 is 20.3 Å². The molecule has 1 saturated carbocycles. The molecule has 0 atom stereocenters. The van der Waals surface area contributed by atoms with Gasteiger partial charge in [-0.05, 0) is 50.8 Å². The molecule has 5 nitrogen and oxygen atoms in total. The first-order valence-corrected chi connectivity index (χ1v) is 9.95. The number of hydrogen-bond donors (Lipinski definition) is 2. The van der Waals surface area contributed by atoms with Gasteiger partial charge in [0.25, 0.3) is 0 Å². The molecule has 9 heteroatoms. The van der Waals surface area contributed by atoms with Crippen molar-refractivity contribution in [2.45, 2.75) is 57.8 Å². The van der Waals surface area contributed by atoms with Gasteiger partial charge in [0.15, 0.2) is 5.96 Å². The standard InChI is InChI=1S/C19H27ClF2N4O.HI/c1-2-23-19(25-15-7-9-26(10-8-15)16-4-5-16)24-12-13-11-14(20)3-6-17(13)27-18(21)22;/h3,6,11,15-16,18H,2,4-5,7-10,12H2,1H3,(H2,23,24,25);1H. The number of rotatable bonds is 7. The Morgan fingerprint density at radius 1 is 1.29 bits per heavy atom. The summed E-state index contributed by atoms with van der Waals surface area (Å²) in [4.78, 5) is 7.12. The summed E-state index contributed by atoms with van der Waals surface area (Å²) in [5.41, 5.74) is 0.531. The summed E-state index contributed by atoms with van der Waals surface area (Å²) in [7, 11) is 0. The summed E-state index contributed by atoms with van der Waals surface area (Å²) in [5.74, 6) is 0.789. The van der Waals surface area contributed by atoms with E-state index < -0.39 is 6.61 Å². The number of guanidine groups is 1. The zero-order valence-corrected chi connectivity index (χ0v) is 19.1. The van der Waals surface area contributed by atoms with Crippen LogP contribution in [0.2, 0.25) is 5.02 Å². The second-order valence-electron chi connectivity index (χ2n) is 7.01. The highest BCUT2D eigenvalue weighted by atomic mass is 127. The van der Waals surface area contributed by atoms with Crippen LogP contribution < -0.4 is 15.4 Å². The minimum Gasteiger partial charge on any atom is -0.434 e. The quantitative estimate of drug-likeness (QED) is 0.316. The molecule has 3 rings (SSSR count). The summed E-state index contributed by atoms with van der Waals surface area (Å²) in [6, 6.07) is 5.77. The lowest BCUT2D eigenvalue weighted by Crippen LogP contribution is -2.49. The Bertz CT molecular complexity index is 653. The van der Waals surface area contributed by atoms with Crippen LogP contribution >= 0.6 is 35.6 Å². The fraction of sp³-hybridized carbons (Fsp3) is 0.632. The van der Waals surface area contributed by atoms with Gasteiger partial charge in [-0.3, -0.25) is 0 Å². The molecular formula is C19H28ClF2IN4O. The number of ether oxygens (including phenoxy) is 1. The summed E-state index contributed by atoms with van der Waals surface area (Å²) >= 11 is 6.00.